The van der Waals surface area contributed by atoms with Crippen molar-refractivity contribution in [2.75, 3.05) is 26.3 Å². The molecule has 2 amide bonds. The molecule has 0 aliphatic carbocycles. The molecule has 1 aromatic heterocycles. The quantitative estimate of drug-likeness (QED) is 0.344. The average Bonchev–Trinajstić information content (AvgIpc) is 3.47. The third-order valence-corrected chi connectivity index (χ3v) is 9.33. The molecule has 3 aromatic rings. The van der Waals surface area contributed by atoms with Crippen LogP contribution in [0.3, 0.4) is 0 Å². The highest BCUT2D eigenvalue weighted by molar-refractivity contribution is 7.92. The lowest BCUT2D eigenvalue weighted by Gasteiger charge is -2.33. The molecule has 11 nitrogen and oxygen atoms in total. The van der Waals surface area contributed by atoms with Gasteiger partial charge in [0.2, 0.25) is 23.4 Å². The number of Topliss-reactive ketones (excluding diaryl/α,β-unsaturated/α-hetero) is 1. The van der Waals surface area contributed by atoms with E-state index in [9.17, 15) is 22.8 Å². The van der Waals surface area contributed by atoms with Crippen LogP contribution in [0.1, 0.15) is 42.9 Å². The number of aromatic nitrogens is 2. The molecular weight excluding hydrogens is 536 g/mol. The van der Waals surface area contributed by atoms with Crippen LogP contribution in [0.15, 0.2) is 65.2 Å². The lowest BCUT2D eigenvalue weighted by Crippen LogP contribution is -2.57. The minimum atomic E-state index is -4.24. The fourth-order valence-corrected chi connectivity index (χ4v) is 5.97. The van der Waals surface area contributed by atoms with E-state index < -0.39 is 50.4 Å². The lowest BCUT2D eigenvalue weighted by atomic mass is 10.0. The molecule has 2 atom stereocenters. The van der Waals surface area contributed by atoms with Crippen molar-refractivity contribution in [3.05, 3.63) is 72.1 Å². The zero-order valence-corrected chi connectivity index (χ0v) is 23.2. The fraction of sp³-hybridized carbons (Fsp3) is 0.393. The maximum absolute atomic E-state index is 13.8. The molecular formula is C28H32N4O7S. The summed E-state index contributed by atoms with van der Waals surface area (Å²) in [7, 11) is -4.24. The normalized spacial score (nSPS) is 16.1. The van der Waals surface area contributed by atoms with E-state index >= 15 is 0 Å². The molecule has 12 heteroatoms. The van der Waals surface area contributed by atoms with Crippen LogP contribution in [0.2, 0.25) is 0 Å². The van der Waals surface area contributed by atoms with E-state index in [1.807, 2.05) is 6.07 Å². The Morgan fingerprint density at radius 2 is 1.65 bits per heavy atom. The first-order chi connectivity index (χ1) is 19.1. The molecule has 1 saturated heterocycles. The van der Waals surface area contributed by atoms with Crippen molar-refractivity contribution in [3.63, 3.8) is 0 Å². The number of nitrogens with zero attached hydrogens (tertiary/aromatic N) is 3. The lowest BCUT2D eigenvalue weighted by molar-refractivity contribution is -0.138. The maximum atomic E-state index is 13.8. The third-order valence-electron chi connectivity index (χ3n) is 6.92. The largest absolute Gasteiger partial charge is 0.378 e. The van der Waals surface area contributed by atoms with Crippen LogP contribution in [0.5, 0.6) is 0 Å². The molecule has 0 saturated carbocycles. The van der Waals surface area contributed by atoms with Gasteiger partial charge in [0, 0.05) is 18.7 Å². The fourth-order valence-electron chi connectivity index (χ4n) is 4.34. The van der Waals surface area contributed by atoms with Crippen molar-refractivity contribution in [2.45, 2.75) is 43.2 Å². The SMILES string of the molecule is CC[C@H](NC(=O)[C@@](C)(CC(=O)N1CCOCC1)S(=O)(=O)Cc1ccccc1)C(=O)c1nc(-c2ccccc2)no1. The minimum absolute atomic E-state index is 0.125. The van der Waals surface area contributed by atoms with Crippen molar-refractivity contribution >= 4 is 27.4 Å². The van der Waals surface area contributed by atoms with E-state index in [0.29, 0.717) is 37.4 Å². The van der Waals surface area contributed by atoms with Crippen LogP contribution in [-0.2, 0) is 29.9 Å². The molecule has 212 valence electrons. The first kappa shape index (κ1) is 29.1. The Hall–Kier alpha value is -3.90. The summed E-state index contributed by atoms with van der Waals surface area (Å²) in [5.41, 5.74) is 1.12. The molecule has 4 rings (SSSR count). The minimum Gasteiger partial charge on any atom is -0.378 e. The van der Waals surface area contributed by atoms with Gasteiger partial charge in [-0.05, 0) is 18.9 Å². The van der Waals surface area contributed by atoms with Crippen LogP contribution < -0.4 is 5.32 Å². The van der Waals surface area contributed by atoms with Crippen LogP contribution in [0.4, 0.5) is 0 Å². The molecule has 1 N–H and O–H groups in total. The number of amides is 2. The molecule has 2 heterocycles. The molecule has 0 unspecified atom stereocenters. The average molecular weight is 569 g/mol. The topological polar surface area (TPSA) is 149 Å². The van der Waals surface area contributed by atoms with Crippen molar-refractivity contribution in [3.8, 4) is 11.4 Å². The predicted octanol–water partition coefficient (Wildman–Crippen LogP) is 2.44. The summed E-state index contributed by atoms with van der Waals surface area (Å²) >= 11 is 0. The number of carbonyl (C=O) groups is 3. The van der Waals surface area contributed by atoms with Gasteiger partial charge in [-0.3, -0.25) is 14.4 Å². The molecule has 40 heavy (non-hydrogen) atoms. The summed E-state index contributed by atoms with van der Waals surface area (Å²) in [6.07, 6.45) is -0.461. The van der Waals surface area contributed by atoms with Gasteiger partial charge in [0.25, 0.3) is 5.89 Å². The van der Waals surface area contributed by atoms with Crippen LogP contribution >= 0.6 is 0 Å². The van der Waals surface area contributed by atoms with Gasteiger partial charge >= 0.3 is 0 Å². The molecule has 1 fully saturated rings. The molecule has 0 bridgehead atoms. The van der Waals surface area contributed by atoms with Gasteiger partial charge in [-0.2, -0.15) is 4.98 Å². The molecule has 1 aliphatic heterocycles. The van der Waals surface area contributed by atoms with Crippen LogP contribution in [0.25, 0.3) is 11.4 Å². The molecule has 0 spiro atoms. The Bertz CT molecular complexity index is 1440. The second kappa shape index (κ2) is 12.5. The van der Waals surface area contributed by atoms with Crippen molar-refractivity contribution in [2.24, 2.45) is 0 Å². The van der Waals surface area contributed by atoms with Crippen LogP contribution in [-0.4, -0.2) is 78.1 Å². The number of nitrogens with one attached hydrogen (secondary N) is 1. The number of carbonyl (C=O) groups excluding carboxylic acids is 3. The van der Waals surface area contributed by atoms with E-state index in [4.69, 9.17) is 9.26 Å². The first-order valence-corrected chi connectivity index (χ1v) is 14.7. The number of rotatable bonds is 11. The molecule has 2 aromatic carbocycles. The highest BCUT2D eigenvalue weighted by Gasteiger charge is 2.49. The number of ether oxygens (including phenoxy) is 1. The standard InChI is InChI=1S/C28H32N4O7S/c1-3-22(24(34)26-30-25(31-39-26)21-12-8-5-9-13-21)29-27(35)28(2,18-23(33)32-14-16-38-17-15-32)40(36,37)19-20-10-6-4-7-11-20/h4-13,22H,3,14-19H2,1-2H3,(H,29,35)/t22-,28+/m0/s1. The summed E-state index contributed by atoms with van der Waals surface area (Å²) in [4.78, 5) is 45.8. The van der Waals surface area contributed by atoms with Crippen LogP contribution in [0, 0.1) is 0 Å². The van der Waals surface area contributed by atoms with Gasteiger partial charge < -0.3 is 19.5 Å². The van der Waals surface area contributed by atoms with E-state index in [1.165, 1.54) is 11.8 Å². The van der Waals surface area contributed by atoms with E-state index in [0.717, 1.165) is 0 Å². The number of hydrogen-bond donors (Lipinski definition) is 1. The summed E-state index contributed by atoms with van der Waals surface area (Å²) in [6.45, 7) is 4.14. The number of ketones is 1. The first-order valence-electron chi connectivity index (χ1n) is 13.0. The highest BCUT2D eigenvalue weighted by Crippen LogP contribution is 2.28. The van der Waals surface area contributed by atoms with Crippen molar-refractivity contribution < 1.29 is 32.1 Å². The number of hydrogen-bond acceptors (Lipinski definition) is 9. The van der Waals surface area contributed by atoms with Gasteiger partial charge in [-0.25, -0.2) is 8.42 Å². The molecule has 1 aliphatic rings. The van der Waals surface area contributed by atoms with Gasteiger partial charge in [-0.1, -0.05) is 72.7 Å². The Labute approximate surface area is 232 Å². The predicted molar refractivity (Wildman–Crippen MR) is 146 cm³/mol. The van der Waals surface area contributed by atoms with Gasteiger partial charge in [0.1, 0.15) is 0 Å². The maximum Gasteiger partial charge on any atom is 0.296 e. The second-order valence-corrected chi connectivity index (χ2v) is 12.2. The summed E-state index contributed by atoms with van der Waals surface area (Å²) < 4.78 is 35.8. The summed E-state index contributed by atoms with van der Waals surface area (Å²) in [6, 6.07) is 16.2. The van der Waals surface area contributed by atoms with Gasteiger partial charge in [0.15, 0.2) is 14.6 Å². The van der Waals surface area contributed by atoms with E-state index in [1.54, 1.807) is 61.5 Å². The van der Waals surface area contributed by atoms with E-state index in [-0.39, 0.29) is 18.1 Å². The third kappa shape index (κ3) is 6.45. The van der Waals surface area contributed by atoms with Crippen molar-refractivity contribution in [1.29, 1.82) is 0 Å². The van der Waals surface area contributed by atoms with Gasteiger partial charge in [0.05, 0.1) is 31.4 Å². The Morgan fingerprint density at radius 3 is 2.27 bits per heavy atom. The second-order valence-electron chi connectivity index (χ2n) is 9.73. The number of sulfone groups is 1. The smallest absolute Gasteiger partial charge is 0.296 e. The zero-order valence-electron chi connectivity index (χ0n) is 22.4. The summed E-state index contributed by atoms with van der Waals surface area (Å²) in [5, 5.41) is 6.42. The number of benzene rings is 2. The highest BCUT2D eigenvalue weighted by atomic mass is 32.2. The Kier molecular flexibility index (Phi) is 9.10. The monoisotopic (exact) mass is 568 g/mol. The number of morpholine rings is 1. The zero-order chi connectivity index (χ0) is 28.8. The molecule has 0 radical (unpaired) electrons. The van der Waals surface area contributed by atoms with Crippen molar-refractivity contribution in [1.82, 2.24) is 20.4 Å². The summed E-state index contributed by atoms with van der Waals surface area (Å²) in [5.74, 6) is -2.66. The Balaban J connectivity index is 1.59. The van der Waals surface area contributed by atoms with E-state index in [2.05, 4.69) is 15.5 Å². The Morgan fingerprint density at radius 1 is 1.02 bits per heavy atom. The van der Waals surface area contributed by atoms with Gasteiger partial charge in [-0.15, -0.1) is 0 Å².